The first-order valence-corrected chi connectivity index (χ1v) is 12.8. The lowest BCUT2D eigenvalue weighted by Gasteiger charge is -2.30. The fourth-order valence-electron chi connectivity index (χ4n) is 3.94. The molecule has 4 heterocycles. The minimum absolute atomic E-state index is 0.219. The van der Waals surface area contributed by atoms with E-state index in [2.05, 4.69) is 18.9 Å². The van der Waals surface area contributed by atoms with Gasteiger partial charge in [0, 0.05) is 38.2 Å². The molecule has 0 saturated carbocycles. The number of hydrogen-bond donors (Lipinski definition) is 0. The molecule has 1 aliphatic rings. The van der Waals surface area contributed by atoms with E-state index in [1.54, 1.807) is 27.8 Å². The molecule has 0 aliphatic carbocycles. The quantitative estimate of drug-likeness (QED) is 0.222. The summed E-state index contributed by atoms with van der Waals surface area (Å²) < 4.78 is 7.87. The van der Waals surface area contributed by atoms with Crippen LogP contribution in [0.4, 0.5) is 0 Å². The molecule has 0 atom stereocenters. The monoisotopic (exact) mass is 504 g/mol. The Morgan fingerprint density at radius 2 is 1.94 bits per heavy atom. The molecule has 0 fully saturated rings. The molecular weight excluding hydrogens is 483 g/mol. The number of fused-ring (bicyclic) bond motifs is 3. The zero-order valence-corrected chi connectivity index (χ0v) is 21.3. The van der Waals surface area contributed by atoms with Crippen LogP contribution in [0.2, 0.25) is 10.0 Å². The van der Waals surface area contributed by atoms with Gasteiger partial charge >= 0.3 is 0 Å². The van der Waals surface area contributed by atoms with Gasteiger partial charge in [0.25, 0.3) is 5.95 Å². The van der Waals surface area contributed by atoms with Gasteiger partial charge in [-0.3, -0.25) is 0 Å². The third-order valence-corrected chi connectivity index (χ3v) is 8.31. The Bertz CT molecular complexity index is 1330. The number of nitrogens with zero attached hydrogens (tertiary/aromatic N) is 4. The molecule has 0 saturated heterocycles. The summed E-state index contributed by atoms with van der Waals surface area (Å²) in [5.41, 5.74) is 3.91. The smallest absolute Gasteiger partial charge is 0.253 e. The van der Waals surface area contributed by atoms with E-state index in [0.717, 1.165) is 38.6 Å². The van der Waals surface area contributed by atoms with Crippen molar-refractivity contribution in [2.75, 3.05) is 0 Å². The highest BCUT2D eigenvalue weighted by molar-refractivity contribution is 7.98. The number of aromatic nitrogens is 4. The van der Waals surface area contributed by atoms with Crippen molar-refractivity contribution in [3.05, 3.63) is 61.7 Å². The van der Waals surface area contributed by atoms with Crippen LogP contribution >= 0.6 is 46.3 Å². The maximum atomic E-state index is 6.44. The number of thioether (sulfide) groups is 1. The van der Waals surface area contributed by atoms with Crippen molar-refractivity contribution in [1.82, 2.24) is 19.7 Å². The second-order valence-electron chi connectivity index (χ2n) is 8.57. The molecule has 1 aromatic carbocycles. The number of halogens is 2. The van der Waals surface area contributed by atoms with Gasteiger partial charge < -0.3 is 4.74 Å². The van der Waals surface area contributed by atoms with Gasteiger partial charge in [0.1, 0.15) is 9.86 Å². The zero-order valence-electron chi connectivity index (χ0n) is 18.2. The van der Waals surface area contributed by atoms with E-state index in [-0.39, 0.29) is 5.60 Å². The van der Waals surface area contributed by atoms with Crippen molar-refractivity contribution in [3.8, 4) is 5.95 Å². The molecule has 4 aromatic rings. The molecule has 0 N–H and O–H groups in total. The Kier molecular flexibility index (Phi) is 5.75. The molecule has 1 aliphatic heterocycles. The molecule has 0 amide bonds. The molecule has 0 unspecified atom stereocenters. The van der Waals surface area contributed by atoms with Crippen LogP contribution in [0, 0.1) is 13.8 Å². The maximum absolute atomic E-state index is 6.44. The molecule has 0 bridgehead atoms. The molecule has 166 valence electrons. The topological polar surface area (TPSA) is 52.8 Å². The summed E-state index contributed by atoms with van der Waals surface area (Å²) >= 11 is 16.2. The summed E-state index contributed by atoms with van der Waals surface area (Å²) in [7, 11) is 0. The van der Waals surface area contributed by atoms with E-state index in [1.165, 1.54) is 10.4 Å². The van der Waals surface area contributed by atoms with Crippen molar-refractivity contribution in [1.29, 1.82) is 0 Å². The number of aryl methyl sites for hydroxylation is 2. The highest BCUT2D eigenvalue weighted by Gasteiger charge is 2.31. The number of benzene rings is 1. The fourth-order valence-corrected chi connectivity index (χ4v) is 6.90. The molecule has 5 nitrogen and oxygen atoms in total. The third-order valence-electron chi connectivity index (χ3n) is 5.50. The second-order valence-corrected chi connectivity index (χ2v) is 11.4. The summed E-state index contributed by atoms with van der Waals surface area (Å²) in [5.74, 6) is 1.20. The van der Waals surface area contributed by atoms with E-state index < -0.39 is 0 Å². The highest BCUT2D eigenvalue weighted by Crippen LogP contribution is 2.43. The van der Waals surface area contributed by atoms with E-state index in [9.17, 15) is 0 Å². The molecule has 0 radical (unpaired) electrons. The van der Waals surface area contributed by atoms with Crippen LogP contribution < -0.4 is 0 Å². The molecule has 9 heteroatoms. The molecule has 0 spiro atoms. The highest BCUT2D eigenvalue weighted by atomic mass is 35.5. The second kappa shape index (κ2) is 8.29. The SMILES string of the molecule is Cc1cc(C)n(-c2nc(SCc3c(Cl)cccc3Cl)c3c4c(sc3n2)COC(C)(C)C4)n1. The number of rotatable bonds is 4. The summed E-state index contributed by atoms with van der Waals surface area (Å²) in [6.07, 6.45) is 0.825. The Morgan fingerprint density at radius 1 is 1.19 bits per heavy atom. The standard InChI is InChI=1S/C23H22Cl2N4OS2/c1-12-8-13(2)29(28-12)22-26-20(31-11-15-16(24)6-5-7-17(15)25)19-14-9-23(3,4)30-10-18(14)32-21(19)27-22/h5-8H,9-11H2,1-4H3. The summed E-state index contributed by atoms with van der Waals surface area (Å²) in [6, 6.07) is 7.62. The zero-order chi connectivity index (χ0) is 22.6. The van der Waals surface area contributed by atoms with Gasteiger partial charge in [0.05, 0.1) is 17.9 Å². The van der Waals surface area contributed by atoms with E-state index >= 15 is 0 Å². The van der Waals surface area contributed by atoms with Gasteiger partial charge in [0.2, 0.25) is 0 Å². The molecule has 5 rings (SSSR count). The first-order chi connectivity index (χ1) is 15.2. The minimum Gasteiger partial charge on any atom is -0.370 e. The lowest BCUT2D eigenvalue weighted by atomic mass is 9.95. The molecule has 3 aromatic heterocycles. The Balaban J connectivity index is 1.66. The van der Waals surface area contributed by atoms with Crippen LogP contribution in [-0.2, 0) is 23.5 Å². The van der Waals surface area contributed by atoms with Crippen LogP contribution in [0.15, 0.2) is 29.3 Å². The van der Waals surface area contributed by atoms with Crippen LogP contribution in [0.3, 0.4) is 0 Å². The van der Waals surface area contributed by atoms with Gasteiger partial charge in [-0.2, -0.15) is 10.1 Å². The lowest BCUT2D eigenvalue weighted by Crippen LogP contribution is -2.31. The average Bonchev–Trinajstić information content (AvgIpc) is 3.25. The predicted molar refractivity (Wildman–Crippen MR) is 133 cm³/mol. The minimum atomic E-state index is -0.219. The summed E-state index contributed by atoms with van der Waals surface area (Å²) in [6.45, 7) is 8.83. The van der Waals surface area contributed by atoms with Gasteiger partial charge in [-0.25, -0.2) is 9.67 Å². The van der Waals surface area contributed by atoms with Crippen molar-refractivity contribution >= 4 is 56.5 Å². The summed E-state index contributed by atoms with van der Waals surface area (Å²) in [4.78, 5) is 12.1. The van der Waals surface area contributed by atoms with Gasteiger partial charge in [-0.1, -0.05) is 29.3 Å². The average molecular weight is 505 g/mol. The molecular formula is C23H22Cl2N4OS2. The van der Waals surface area contributed by atoms with Crippen LogP contribution in [0.25, 0.3) is 16.2 Å². The first kappa shape index (κ1) is 22.2. The predicted octanol–water partition coefficient (Wildman–Crippen LogP) is 6.94. The van der Waals surface area contributed by atoms with Gasteiger partial charge in [0.15, 0.2) is 0 Å². The number of hydrogen-bond acceptors (Lipinski definition) is 6. The Morgan fingerprint density at radius 3 is 2.62 bits per heavy atom. The Hall–Kier alpha value is -1.64. The van der Waals surface area contributed by atoms with E-state index in [1.807, 2.05) is 38.1 Å². The van der Waals surface area contributed by atoms with Gasteiger partial charge in [-0.15, -0.1) is 23.1 Å². The lowest BCUT2D eigenvalue weighted by molar-refractivity contribution is -0.0379. The van der Waals surface area contributed by atoms with E-state index in [0.29, 0.717) is 28.4 Å². The van der Waals surface area contributed by atoms with Crippen molar-refractivity contribution < 1.29 is 4.74 Å². The van der Waals surface area contributed by atoms with Crippen LogP contribution in [0.1, 0.15) is 41.2 Å². The van der Waals surface area contributed by atoms with E-state index in [4.69, 9.17) is 37.9 Å². The largest absolute Gasteiger partial charge is 0.370 e. The maximum Gasteiger partial charge on any atom is 0.253 e. The fraction of sp³-hybridized carbons (Fsp3) is 0.348. The normalized spacial score (nSPS) is 15.3. The van der Waals surface area contributed by atoms with Crippen molar-refractivity contribution in [2.24, 2.45) is 0 Å². The van der Waals surface area contributed by atoms with Crippen LogP contribution in [0.5, 0.6) is 0 Å². The first-order valence-electron chi connectivity index (χ1n) is 10.3. The van der Waals surface area contributed by atoms with Gasteiger partial charge in [-0.05, 0) is 57.0 Å². The van der Waals surface area contributed by atoms with Crippen molar-refractivity contribution in [2.45, 2.75) is 57.1 Å². The Labute approximate surface area is 205 Å². The van der Waals surface area contributed by atoms with Crippen molar-refractivity contribution in [3.63, 3.8) is 0 Å². The number of ether oxygens (including phenoxy) is 1. The third kappa shape index (κ3) is 4.05. The molecule has 32 heavy (non-hydrogen) atoms. The summed E-state index contributed by atoms with van der Waals surface area (Å²) in [5, 5.41) is 7.96. The van der Waals surface area contributed by atoms with Crippen LogP contribution in [-0.4, -0.2) is 25.3 Å². The number of thiophene rings is 1.